The molecule has 11 nitrogen and oxygen atoms in total. The minimum absolute atomic E-state index is 0.0830. The molecule has 2 aliphatic carbocycles. The van der Waals surface area contributed by atoms with E-state index >= 15 is 0 Å². The van der Waals surface area contributed by atoms with Gasteiger partial charge in [0.25, 0.3) is 0 Å². The van der Waals surface area contributed by atoms with Crippen LogP contribution in [0.5, 0.6) is 11.5 Å². The molecule has 1 aromatic carbocycles. The van der Waals surface area contributed by atoms with E-state index in [1.165, 1.54) is 37.5 Å². The second kappa shape index (κ2) is 12.1. The van der Waals surface area contributed by atoms with E-state index in [0.29, 0.717) is 28.6 Å². The molecule has 2 saturated carbocycles. The van der Waals surface area contributed by atoms with Crippen molar-refractivity contribution in [2.24, 2.45) is 11.8 Å². The maximum Gasteiger partial charge on any atom is 0.170 e. The Bertz CT molecular complexity index is 1430. The summed E-state index contributed by atoms with van der Waals surface area (Å²) in [6.45, 7) is 2.03. The van der Waals surface area contributed by atoms with E-state index in [0.717, 1.165) is 55.5 Å². The third kappa shape index (κ3) is 5.66. The van der Waals surface area contributed by atoms with Crippen molar-refractivity contribution < 1.29 is 29.4 Å². The molecule has 4 aromatic rings. The van der Waals surface area contributed by atoms with Crippen molar-refractivity contribution in [1.82, 2.24) is 19.8 Å². The molecule has 212 valence electrons. The lowest BCUT2D eigenvalue weighted by Gasteiger charge is -2.18. The Morgan fingerprint density at radius 3 is 2.35 bits per heavy atom. The van der Waals surface area contributed by atoms with Crippen LogP contribution < -0.4 is 4.90 Å². The Morgan fingerprint density at radius 1 is 1.07 bits per heavy atom. The van der Waals surface area contributed by atoms with Gasteiger partial charge in [0.1, 0.15) is 34.5 Å². The number of nitrogens with zero attached hydrogens (tertiary/aromatic N) is 5. The summed E-state index contributed by atoms with van der Waals surface area (Å²) in [5, 5.41) is 37.1. The number of aromatic hydroxyl groups is 2. The molecule has 0 spiro atoms. The molecule has 1 aliphatic heterocycles. The summed E-state index contributed by atoms with van der Waals surface area (Å²) in [7, 11) is 3.25. The fourth-order valence-corrected chi connectivity index (χ4v) is 5.65. The largest absolute Gasteiger partial charge is 0.507 e. The molecule has 3 fully saturated rings. The van der Waals surface area contributed by atoms with Crippen molar-refractivity contribution >= 4 is 17.8 Å². The van der Waals surface area contributed by atoms with Gasteiger partial charge in [-0.2, -0.15) is 5.10 Å². The minimum Gasteiger partial charge on any atom is -0.507 e. The van der Waals surface area contributed by atoms with Crippen LogP contribution in [0.25, 0.3) is 16.9 Å². The van der Waals surface area contributed by atoms with E-state index < -0.39 is 0 Å². The van der Waals surface area contributed by atoms with Gasteiger partial charge in [-0.1, -0.05) is 17.6 Å². The lowest BCUT2D eigenvalue weighted by Crippen LogP contribution is -2.22. The van der Waals surface area contributed by atoms with Gasteiger partial charge in [0.2, 0.25) is 0 Å². The Balaban J connectivity index is 0.000000147. The van der Waals surface area contributed by atoms with Crippen LogP contribution in [-0.4, -0.2) is 68.7 Å². The van der Waals surface area contributed by atoms with Crippen molar-refractivity contribution in [3.05, 3.63) is 53.5 Å². The van der Waals surface area contributed by atoms with Crippen molar-refractivity contribution in [3.8, 4) is 22.8 Å². The van der Waals surface area contributed by atoms with E-state index in [-0.39, 0.29) is 23.7 Å². The van der Waals surface area contributed by atoms with Gasteiger partial charge in [0.05, 0.1) is 12.2 Å². The number of carbonyl (C=O) groups is 1. The number of rotatable bonds is 5. The number of carbonyl (C=O) groups excluding carboxylic acids is 1. The molecule has 2 atom stereocenters. The number of phenolic OH excluding ortho intramolecular Hbond substituents is 2. The van der Waals surface area contributed by atoms with Gasteiger partial charge in [-0.15, -0.1) is 0 Å². The molecule has 11 heteroatoms. The molecule has 3 aliphatic rings. The van der Waals surface area contributed by atoms with Gasteiger partial charge in [-0.25, -0.2) is 9.50 Å². The van der Waals surface area contributed by atoms with Crippen LogP contribution >= 0.6 is 0 Å². The van der Waals surface area contributed by atoms with Gasteiger partial charge in [0, 0.05) is 51.1 Å². The summed E-state index contributed by atoms with van der Waals surface area (Å²) in [5.74, 6) is 3.53. The van der Waals surface area contributed by atoms with Crippen LogP contribution in [-0.2, 0) is 11.3 Å². The number of anilines is 1. The van der Waals surface area contributed by atoms with Crippen LogP contribution in [0.4, 0.5) is 5.82 Å². The van der Waals surface area contributed by atoms with Gasteiger partial charge in [0.15, 0.2) is 11.9 Å². The number of phenols is 2. The smallest absolute Gasteiger partial charge is 0.170 e. The molecule has 7 rings (SSSR count). The first-order valence-electron chi connectivity index (χ1n) is 13.5. The van der Waals surface area contributed by atoms with E-state index in [4.69, 9.17) is 4.52 Å². The second-order valence-electron chi connectivity index (χ2n) is 10.5. The average Bonchev–Trinajstić information content (AvgIpc) is 3.26. The van der Waals surface area contributed by atoms with Crippen LogP contribution in [0, 0.1) is 11.8 Å². The Labute approximate surface area is 232 Å². The van der Waals surface area contributed by atoms with E-state index in [1.54, 1.807) is 24.8 Å². The molecular weight excluding hydrogens is 514 g/mol. The summed E-state index contributed by atoms with van der Waals surface area (Å²) in [5.41, 5.74) is 2.25. The lowest BCUT2D eigenvalue weighted by molar-refractivity contribution is 0.111. The summed E-state index contributed by atoms with van der Waals surface area (Å²) in [6, 6.07) is 8.18. The molecule has 0 amide bonds. The molecule has 40 heavy (non-hydrogen) atoms. The van der Waals surface area contributed by atoms with Gasteiger partial charge >= 0.3 is 0 Å². The normalized spacial score (nSPS) is 19.5. The van der Waals surface area contributed by atoms with Crippen molar-refractivity contribution in [2.45, 2.75) is 44.6 Å². The standard InChI is InChI=1S/C14H16N4O.C13H13NO4.C2H6O/c19-9-12-6-14-15-13(4-5-18(14)16-12)17-7-10-2-1-3-11(10)8-17;15-6-8-12(14-18-13(8)7-4-5-7)11-9(16)2-1-3-10(11)17;1-3-2/h4-6,9-11H,1-3,7-8H2;1-3,7,15-17H,4-6H2;1-2H3. The highest BCUT2D eigenvalue weighted by molar-refractivity contribution is 5.76. The first-order chi connectivity index (χ1) is 19.5. The fraction of sp³-hybridized carbons (Fsp3) is 0.448. The van der Waals surface area contributed by atoms with Crippen LogP contribution in [0.1, 0.15) is 59.8 Å². The molecule has 3 aromatic heterocycles. The van der Waals surface area contributed by atoms with Gasteiger partial charge in [-0.3, -0.25) is 4.79 Å². The highest BCUT2D eigenvalue weighted by Gasteiger charge is 2.36. The number of methoxy groups -OCH3 is 1. The maximum absolute atomic E-state index is 10.7. The number of hydrogen-bond acceptors (Lipinski definition) is 10. The van der Waals surface area contributed by atoms with E-state index in [9.17, 15) is 20.1 Å². The number of ether oxygens (including phenoxy) is 1. The summed E-state index contributed by atoms with van der Waals surface area (Å²) in [4.78, 5) is 17.7. The monoisotopic (exact) mass is 549 g/mol. The fourth-order valence-electron chi connectivity index (χ4n) is 5.65. The molecule has 0 bridgehead atoms. The number of aromatic nitrogens is 4. The first-order valence-corrected chi connectivity index (χ1v) is 13.5. The van der Waals surface area contributed by atoms with E-state index in [1.807, 2.05) is 12.3 Å². The molecule has 3 N–H and O–H groups in total. The number of benzene rings is 1. The number of aldehydes is 1. The molecule has 0 radical (unpaired) electrons. The highest BCUT2D eigenvalue weighted by Crippen LogP contribution is 2.46. The zero-order valence-electron chi connectivity index (χ0n) is 22.7. The Morgan fingerprint density at radius 2 is 1.75 bits per heavy atom. The van der Waals surface area contributed by atoms with Crippen LogP contribution in [0.2, 0.25) is 0 Å². The average molecular weight is 550 g/mol. The molecule has 4 heterocycles. The molecule has 1 saturated heterocycles. The minimum atomic E-state index is -0.224. The summed E-state index contributed by atoms with van der Waals surface area (Å²) < 4.78 is 11.1. The lowest BCUT2D eigenvalue weighted by atomic mass is 10.0. The van der Waals surface area contributed by atoms with Crippen LogP contribution in [0.3, 0.4) is 0 Å². The number of aliphatic hydroxyl groups excluding tert-OH is 1. The SMILES string of the molecule is COC.O=Cc1cc2nc(N3CC4CCCC4C3)ccn2n1.OCc1c(-c2c(O)cccc2O)noc1C1CC1. The zero-order valence-corrected chi connectivity index (χ0v) is 22.7. The van der Waals surface area contributed by atoms with Crippen molar-refractivity contribution in [1.29, 1.82) is 0 Å². The molecule has 2 unspecified atom stereocenters. The van der Waals surface area contributed by atoms with Gasteiger partial charge < -0.3 is 29.5 Å². The Kier molecular flexibility index (Phi) is 8.32. The van der Waals surface area contributed by atoms with Crippen molar-refractivity contribution in [2.75, 3.05) is 32.2 Å². The highest BCUT2D eigenvalue weighted by atomic mass is 16.5. The zero-order chi connectivity index (χ0) is 28.2. The first kappa shape index (κ1) is 27.6. The molecular formula is C29H35N5O6. The summed E-state index contributed by atoms with van der Waals surface area (Å²) >= 11 is 0. The Hall–Kier alpha value is -3.96. The second-order valence-corrected chi connectivity index (χ2v) is 10.5. The predicted molar refractivity (Wildman–Crippen MR) is 148 cm³/mol. The maximum atomic E-state index is 10.7. The summed E-state index contributed by atoms with van der Waals surface area (Å²) in [6.07, 6.45) is 8.81. The quantitative estimate of drug-likeness (QED) is 0.310. The van der Waals surface area contributed by atoms with Gasteiger partial charge in [-0.05, 0) is 55.7 Å². The third-order valence-electron chi connectivity index (χ3n) is 7.68. The van der Waals surface area contributed by atoms with E-state index in [2.05, 4.69) is 24.9 Å². The topological polar surface area (TPSA) is 146 Å². The number of fused-ring (bicyclic) bond motifs is 2. The van der Waals surface area contributed by atoms with Crippen LogP contribution in [0.15, 0.2) is 41.1 Å². The number of aliphatic hydroxyl groups is 1. The predicted octanol–water partition coefficient (Wildman–Crippen LogP) is 4.16. The number of hydrogen-bond donors (Lipinski definition) is 3. The van der Waals surface area contributed by atoms with Crippen molar-refractivity contribution in [3.63, 3.8) is 0 Å². The third-order valence-corrected chi connectivity index (χ3v) is 7.68.